The van der Waals surface area contributed by atoms with Crippen LogP contribution in [0, 0.1) is 6.92 Å². The smallest absolute Gasteiger partial charge is 0.305 e. The summed E-state index contributed by atoms with van der Waals surface area (Å²) in [4.78, 5) is 19.1. The normalized spacial score (nSPS) is 11.9. The number of aryl methyl sites for hydroxylation is 1. The van der Waals surface area contributed by atoms with E-state index in [1.807, 2.05) is 6.92 Å². The molecule has 1 unspecified atom stereocenters. The number of anilines is 1. The van der Waals surface area contributed by atoms with Crippen LogP contribution in [0.5, 0.6) is 5.88 Å². The lowest BCUT2D eigenvalue weighted by Crippen LogP contribution is -2.23. The lowest BCUT2D eigenvalue weighted by Gasteiger charge is -2.17. The van der Waals surface area contributed by atoms with Gasteiger partial charge in [-0.05, 0) is 13.3 Å². The second-order valence-electron chi connectivity index (χ2n) is 4.07. The first kappa shape index (κ1) is 14.2. The number of hydrogen-bond donors (Lipinski definition) is 2. The molecule has 0 amide bonds. The highest BCUT2D eigenvalue weighted by Gasteiger charge is 2.13. The van der Waals surface area contributed by atoms with Crippen molar-refractivity contribution in [3.63, 3.8) is 0 Å². The number of nitrogens with zero attached hydrogens (tertiary/aromatic N) is 2. The minimum atomic E-state index is -0.821. The lowest BCUT2D eigenvalue weighted by atomic mass is 10.1. The molecule has 0 fully saturated rings. The third kappa shape index (κ3) is 4.57. The Morgan fingerprint density at radius 3 is 2.83 bits per heavy atom. The molecular formula is C12H19N3O3. The molecule has 0 aliphatic carbocycles. The summed E-state index contributed by atoms with van der Waals surface area (Å²) in [6.07, 6.45) is 1.75. The highest BCUT2D eigenvalue weighted by Crippen LogP contribution is 2.16. The first-order valence-corrected chi connectivity index (χ1v) is 5.93. The van der Waals surface area contributed by atoms with Gasteiger partial charge in [0.2, 0.25) is 5.88 Å². The second-order valence-corrected chi connectivity index (χ2v) is 4.07. The summed E-state index contributed by atoms with van der Waals surface area (Å²) < 4.78 is 5.05. The van der Waals surface area contributed by atoms with Crippen molar-refractivity contribution in [2.45, 2.75) is 39.2 Å². The van der Waals surface area contributed by atoms with Crippen molar-refractivity contribution in [2.24, 2.45) is 0 Å². The third-order valence-corrected chi connectivity index (χ3v) is 2.43. The van der Waals surface area contributed by atoms with Gasteiger partial charge in [0.25, 0.3) is 0 Å². The van der Waals surface area contributed by atoms with Crippen molar-refractivity contribution >= 4 is 11.8 Å². The van der Waals surface area contributed by atoms with E-state index in [-0.39, 0.29) is 12.5 Å². The average molecular weight is 253 g/mol. The van der Waals surface area contributed by atoms with Crippen LogP contribution in [0.25, 0.3) is 0 Å². The zero-order valence-corrected chi connectivity index (χ0v) is 10.9. The minimum absolute atomic E-state index is 0.0687. The Morgan fingerprint density at radius 1 is 1.56 bits per heavy atom. The monoisotopic (exact) mass is 253 g/mol. The van der Waals surface area contributed by atoms with Crippen molar-refractivity contribution in [3.05, 3.63) is 11.9 Å². The molecular weight excluding hydrogens is 234 g/mol. The van der Waals surface area contributed by atoms with Crippen LogP contribution in [0.4, 0.5) is 5.82 Å². The van der Waals surface area contributed by atoms with Crippen LogP contribution in [0.15, 0.2) is 6.07 Å². The highest BCUT2D eigenvalue weighted by molar-refractivity contribution is 5.68. The van der Waals surface area contributed by atoms with Crippen molar-refractivity contribution < 1.29 is 14.6 Å². The molecule has 100 valence electrons. The molecule has 0 bridgehead atoms. The van der Waals surface area contributed by atoms with E-state index in [4.69, 9.17) is 9.84 Å². The maximum absolute atomic E-state index is 10.8. The Morgan fingerprint density at radius 2 is 2.28 bits per heavy atom. The summed E-state index contributed by atoms with van der Waals surface area (Å²) in [5.74, 6) is 0.829. The molecule has 0 aliphatic heterocycles. The summed E-state index contributed by atoms with van der Waals surface area (Å²) in [5.41, 5.74) is 0. The Labute approximate surface area is 106 Å². The summed E-state index contributed by atoms with van der Waals surface area (Å²) in [6, 6.07) is 1.53. The number of nitrogens with one attached hydrogen (secondary N) is 1. The molecule has 1 rings (SSSR count). The lowest BCUT2D eigenvalue weighted by molar-refractivity contribution is -0.137. The number of aliphatic carboxylic acids is 1. The molecule has 2 N–H and O–H groups in total. The Balaban J connectivity index is 2.78. The maximum atomic E-state index is 10.8. The first-order valence-electron chi connectivity index (χ1n) is 5.93. The zero-order chi connectivity index (χ0) is 13.5. The van der Waals surface area contributed by atoms with Crippen molar-refractivity contribution in [2.75, 3.05) is 12.4 Å². The molecule has 0 spiro atoms. The summed E-state index contributed by atoms with van der Waals surface area (Å²) in [6.45, 7) is 3.78. The maximum Gasteiger partial charge on any atom is 0.305 e. The number of ether oxygens (including phenoxy) is 1. The molecule has 0 aromatic carbocycles. The standard InChI is InChI=1S/C12H19N3O3/c1-4-5-9(6-12(16)17)15-10-7-11(18-3)14-8(2)13-10/h7,9H,4-6H2,1-3H3,(H,16,17)(H,13,14,15). The van der Waals surface area contributed by atoms with Crippen LogP contribution in [-0.4, -0.2) is 34.2 Å². The van der Waals surface area contributed by atoms with Gasteiger partial charge in [0.05, 0.1) is 13.5 Å². The molecule has 1 heterocycles. The highest BCUT2D eigenvalue weighted by atomic mass is 16.5. The average Bonchev–Trinajstić information content (AvgIpc) is 2.27. The molecule has 1 aromatic heterocycles. The van der Waals surface area contributed by atoms with Gasteiger partial charge in [-0.25, -0.2) is 4.98 Å². The molecule has 0 saturated carbocycles. The number of hydrogen-bond acceptors (Lipinski definition) is 5. The largest absolute Gasteiger partial charge is 0.481 e. The van der Waals surface area contributed by atoms with Crippen LogP contribution in [0.1, 0.15) is 32.0 Å². The van der Waals surface area contributed by atoms with Gasteiger partial charge < -0.3 is 15.2 Å². The third-order valence-electron chi connectivity index (χ3n) is 2.43. The van der Waals surface area contributed by atoms with Crippen LogP contribution >= 0.6 is 0 Å². The van der Waals surface area contributed by atoms with E-state index in [2.05, 4.69) is 15.3 Å². The van der Waals surface area contributed by atoms with E-state index in [0.717, 1.165) is 12.8 Å². The van der Waals surface area contributed by atoms with Gasteiger partial charge in [0.15, 0.2) is 0 Å². The fourth-order valence-corrected chi connectivity index (χ4v) is 1.71. The van der Waals surface area contributed by atoms with Gasteiger partial charge in [-0.3, -0.25) is 4.79 Å². The Kier molecular flexibility index (Phi) is 5.35. The van der Waals surface area contributed by atoms with Gasteiger partial charge >= 0.3 is 5.97 Å². The van der Waals surface area contributed by atoms with Gasteiger partial charge in [0.1, 0.15) is 11.6 Å². The molecule has 1 aromatic rings. The molecule has 0 aliphatic rings. The SMILES string of the molecule is CCCC(CC(=O)O)Nc1cc(OC)nc(C)n1. The topological polar surface area (TPSA) is 84.3 Å². The van der Waals surface area contributed by atoms with E-state index < -0.39 is 5.97 Å². The first-order chi connectivity index (χ1) is 8.55. The quantitative estimate of drug-likeness (QED) is 0.771. The van der Waals surface area contributed by atoms with Gasteiger partial charge in [-0.2, -0.15) is 4.98 Å². The number of rotatable bonds is 7. The fraction of sp³-hybridized carbons (Fsp3) is 0.583. The molecule has 18 heavy (non-hydrogen) atoms. The van der Waals surface area contributed by atoms with Crippen LogP contribution < -0.4 is 10.1 Å². The van der Waals surface area contributed by atoms with Gasteiger partial charge in [0, 0.05) is 12.1 Å². The van der Waals surface area contributed by atoms with Crippen molar-refractivity contribution in [1.82, 2.24) is 9.97 Å². The summed E-state index contributed by atoms with van der Waals surface area (Å²) >= 11 is 0. The van der Waals surface area contributed by atoms with Crippen LogP contribution in [0.3, 0.4) is 0 Å². The second kappa shape index (κ2) is 6.78. The van der Waals surface area contributed by atoms with E-state index >= 15 is 0 Å². The van der Waals surface area contributed by atoms with Gasteiger partial charge in [-0.15, -0.1) is 0 Å². The molecule has 6 heteroatoms. The van der Waals surface area contributed by atoms with Crippen LogP contribution in [-0.2, 0) is 4.79 Å². The molecule has 0 saturated heterocycles. The summed E-state index contributed by atoms with van der Waals surface area (Å²) in [5, 5.41) is 12.0. The Bertz CT molecular complexity index is 410. The van der Waals surface area contributed by atoms with Crippen molar-refractivity contribution in [3.8, 4) is 5.88 Å². The number of carbonyl (C=O) groups is 1. The minimum Gasteiger partial charge on any atom is -0.481 e. The summed E-state index contributed by atoms with van der Waals surface area (Å²) in [7, 11) is 1.53. The fourth-order valence-electron chi connectivity index (χ4n) is 1.71. The van der Waals surface area contributed by atoms with Gasteiger partial charge in [-0.1, -0.05) is 13.3 Å². The van der Waals surface area contributed by atoms with E-state index in [1.165, 1.54) is 7.11 Å². The van der Waals surface area contributed by atoms with Crippen molar-refractivity contribution in [1.29, 1.82) is 0 Å². The predicted octanol–water partition coefficient (Wildman–Crippen LogP) is 1.85. The number of methoxy groups -OCH3 is 1. The van der Waals surface area contributed by atoms with E-state index in [9.17, 15) is 4.79 Å². The molecule has 6 nitrogen and oxygen atoms in total. The van der Waals surface area contributed by atoms with E-state index in [1.54, 1.807) is 13.0 Å². The predicted molar refractivity (Wildman–Crippen MR) is 67.9 cm³/mol. The van der Waals surface area contributed by atoms with E-state index in [0.29, 0.717) is 17.5 Å². The number of carboxylic acids is 1. The molecule has 0 radical (unpaired) electrons. The Hall–Kier alpha value is -1.85. The number of aromatic nitrogens is 2. The number of carboxylic acid groups (broad SMARTS) is 1. The zero-order valence-electron chi connectivity index (χ0n) is 10.9. The van der Waals surface area contributed by atoms with Crippen LogP contribution in [0.2, 0.25) is 0 Å². The molecule has 1 atom stereocenters.